The Labute approximate surface area is 127 Å². The van der Waals surface area contributed by atoms with Crippen molar-refractivity contribution in [2.45, 2.75) is 57.9 Å². The van der Waals surface area contributed by atoms with Gasteiger partial charge in [0.15, 0.2) is 0 Å². The Morgan fingerprint density at radius 1 is 1.14 bits per heavy atom. The van der Waals surface area contributed by atoms with Gasteiger partial charge in [0.25, 0.3) is 0 Å². The van der Waals surface area contributed by atoms with Gasteiger partial charge in [0.1, 0.15) is 11.6 Å². The molecule has 0 radical (unpaired) electrons. The Bertz CT molecular complexity index is 616. The van der Waals surface area contributed by atoms with Crippen LogP contribution in [-0.2, 0) is 18.4 Å². The fraction of sp³-hybridized carbons (Fsp3) is 0.500. The molecular weight excluding hydrogens is 258 g/mol. The van der Waals surface area contributed by atoms with Crippen molar-refractivity contribution >= 4 is 5.82 Å². The lowest BCUT2D eigenvalue weighted by Gasteiger charge is -2.25. The maximum Gasteiger partial charge on any atom is 0.127 e. The van der Waals surface area contributed by atoms with Crippen LogP contribution in [-0.4, -0.2) is 9.55 Å². The molecule has 2 aromatic rings. The van der Waals surface area contributed by atoms with Crippen LogP contribution in [0.2, 0.25) is 0 Å². The molecule has 1 saturated carbocycles. The molecule has 3 nitrogen and oxygen atoms in total. The number of nitrogens with zero attached hydrogens (tertiary/aromatic N) is 2. The van der Waals surface area contributed by atoms with E-state index < -0.39 is 0 Å². The fourth-order valence-corrected chi connectivity index (χ4v) is 2.91. The molecule has 0 aliphatic heterocycles. The molecule has 2 N–H and O–H groups in total. The molecule has 1 aromatic heterocycles. The molecule has 3 heteroatoms. The molecule has 1 aromatic carbocycles. The third-order valence-corrected chi connectivity index (χ3v) is 4.12. The van der Waals surface area contributed by atoms with E-state index in [9.17, 15) is 0 Å². The summed E-state index contributed by atoms with van der Waals surface area (Å²) < 4.78 is 2.25. The molecule has 1 heterocycles. The number of aryl methyl sites for hydroxylation is 2. The molecule has 21 heavy (non-hydrogen) atoms. The van der Waals surface area contributed by atoms with E-state index in [4.69, 9.17) is 10.7 Å². The van der Waals surface area contributed by atoms with Crippen LogP contribution in [0.15, 0.2) is 30.3 Å². The summed E-state index contributed by atoms with van der Waals surface area (Å²) in [5, 5.41) is 0. The normalized spacial score (nSPS) is 15.4. The van der Waals surface area contributed by atoms with Crippen molar-refractivity contribution in [2.75, 3.05) is 5.73 Å². The number of hydrogen-bond acceptors (Lipinski definition) is 2. The third kappa shape index (κ3) is 2.97. The summed E-state index contributed by atoms with van der Waals surface area (Å²) in [6, 6.07) is 10.6. The smallest absolute Gasteiger partial charge is 0.127 e. The standard InChI is InChI=1S/C18H25N3/c1-18(2,3)21-16(19)15(20-17(21)14-10-11-14)12-9-13-7-5-4-6-8-13/h4-8,14H,9-12,19H2,1-3H3. The zero-order valence-electron chi connectivity index (χ0n) is 13.3. The van der Waals surface area contributed by atoms with Gasteiger partial charge in [0.05, 0.1) is 5.69 Å². The molecule has 1 fully saturated rings. The van der Waals surface area contributed by atoms with Crippen molar-refractivity contribution in [2.24, 2.45) is 0 Å². The summed E-state index contributed by atoms with van der Waals surface area (Å²) in [6.07, 6.45) is 4.42. The summed E-state index contributed by atoms with van der Waals surface area (Å²) in [7, 11) is 0. The quantitative estimate of drug-likeness (QED) is 0.925. The van der Waals surface area contributed by atoms with Gasteiger partial charge in [0, 0.05) is 11.5 Å². The molecule has 0 spiro atoms. The Kier molecular flexibility index (Phi) is 3.52. The van der Waals surface area contributed by atoms with Gasteiger partial charge in [-0.25, -0.2) is 4.98 Å². The number of benzene rings is 1. The highest BCUT2D eigenvalue weighted by atomic mass is 15.2. The number of anilines is 1. The highest BCUT2D eigenvalue weighted by Gasteiger charge is 2.33. The second-order valence-electron chi connectivity index (χ2n) is 7.07. The van der Waals surface area contributed by atoms with Crippen molar-refractivity contribution < 1.29 is 0 Å². The lowest BCUT2D eigenvalue weighted by Crippen LogP contribution is -2.25. The Morgan fingerprint density at radius 2 is 1.81 bits per heavy atom. The lowest BCUT2D eigenvalue weighted by atomic mass is 10.1. The first-order valence-corrected chi connectivity index (χ1v) is 7.88. The maximum atomic E-state index is 6.42. The predicted molar refractivity (Wildman–Crippen MR) is 87.5 cm³/mol. The van der Waals surface area contributed by atoms with Gasteiger partial charge in [0.2, 0.25) is 0 Å². The van der Waals surface area contributed by atoms with E-state index in [2.05, 4.69) is 55.7 Å². The van der Waals surface area contributed by atoms with Crippen LogP contribution < -0.4 is 5.73 Å². The highest BCUT2D eigenvalue weighted by Crippen LogP contribution is 2.42. The van der Waals surface area contributed by atoms with E-state index in [-0.39, 0.29) is 5.54 Å². The highest BCUT2D eigenvalue weighted by molar-refractivity contribution is 5.41. The molecule has 1 aliphatic carbocycles. The van der Waals surface area contributed by atoms with Gasteiger partial charge in [-0.3, -0.25) is 0 Å². The van der Waals surface area contributed by atoms with E-state index in [0.717, 1.165) is 24.4 Å². The van der Waals surface area contributed by atoms with Crippen molar-refractivity contribution in [3.05, 3.63) is 47.4 Å². The van der Waals surface area contributed by atoms with Crippen molar-refractivity contribution in [1.82, 2.24) is 9.55 Å². The molecule has 0 bridgehead atoms. The number of aromatic nitrogens is 2. The summed E-state index contributed by atoms with van der Waals surface area (Å²) in [5.41, 5.74) is 8.83. The summed E-state index contributed by atoms with van der Waals surface area (Å²) in [6.45, 7) is 6.62. The van der Waals surface area contributed by atoms with Gasteiger partial charge < -0.3 is 10.3 Å². The Hall–Kier alpha value is -1.77. The molecule has 0 saturated heterocycles. The lowest BCUT2D eigenvalue weighted by molar-refractivity contribution is 0.388. The van der Waals surface area contributed by atoms with E-state index in [1.54, 1.807) is 0 Å². The zero-order valence-corrected chi connectivity index (χ0v) is 13.3. The van der Waals surface area contributed by atoms with Crippen molar-refractivity contribution in [1.29, 1.82) is 0 Å². The first-order chi connectivity index (χ1) is 9.97. The molecule has 3 rings (SSSR count). The van der Waals surface area contributed by atoms with Gasteiger partial charge in [-0.1, -0.05) is 30.3 Å². The number of nitrogen functional groups attached to an aromatic ring is 1. The van der Waals surface area contributed by atoms with Gasteiger partial charge >= 0.3 is 0 Å². The summed E-state index contributed by atoms with van der Waals surface area (Å²) in [5.74, 6) is 2.68. The van der Waals surface area contributed by atoms with Crippen LogP contribution in [0.4, 0.5) is 5.82 Å². The van der Waals surface area contributed by atoms with Crippen molar-refractivity contribution in [3.8, 4) is 0 Å². The number of imidazole rings is 1. The van der Waals surface area contributed by atoms with Crippen LogP contribution in [0.3, 0.4) is 0 Å². The minimum atomic E-state index is 0.00000354. The monoisotopic (exact) mass is 283 g/mol. The molecule has 0 atom stereocenters. The van der Waals surface area contributed by atoms with Crippen LogP contribution in [0.25, 0.3) is 0 Å². The SMILES string of the molecule is CC(C)(C)n1c(C2CC2)nc(CCc2ccccc2)c1N. The first kappa shape index (κ1) is 14.2. The van der Waals surface area contributed by atoms with Gasteiger partial charge in [-0.15, -0.1) is 0 Å². The van der Waals surface area contributed by atoms with Crippen LogP contribution >= 0.6 is 0 Å². The summed E-state index contributed by atoms with van der Waals surface area (Å²) >= 11 is 0. The van der Waals surface area contributed by atoms with E-state index in [1.807, 2.05) is 0 Å². The van der Waals surface area contributed by atoms with Gasteiger partial charge in [-0.2, -0.15) is 0 Å². The second-order valence-corrected chi connectivity index (χ2v) is 7.07. The third-order valence-electron chi connectivity index (χ3n) is 4.12. The Morgan fingerprint density at radius 3 is 2.38 bits per heavy atom. The zero-order chi connectivity index (χ0) is 15.0. The minimum Gasteiger partial charge on any atom is -0.384 e. The predicted octanol–water partition coefficient (Wildman–Crippen LogP) is 3.88. The molecule has 0 amide bonds. The molecule has 112 valence electrons. The molecular formula is C18H25N3. The van der Waals surface area contributed by atoms with Gasteiger partial charge in [-0.05, 0) is 52.0 Å². The number of rotatable bonds is 4. The molecule has 0 unspecified atom stereocenters. The topological polar surface area (TPSA) is 43.8 Å². The average molecular weight is 283 g/mol. The maximum absolute atomic E-state index is 6.42. The fourth-order valence-electron chi connectivity index (χ4n) is 2.91. The van der Waals surface area contributed by atoms with Crippen molar-refractivity contribution in [3.63, 3.8) is 0 Å². The van der Waals surface area contributed by atoms with E-state index in [0.29, 0.717) is 5.92 Å². The average Bonchev–Trinajstić information content (AvgIpc) is 3.21. The first-order valence-electron chi connectivity index (χ1n) is 7.88. The number of nitrogens with two attached hydrogens (primary N) is 1. The van der Waals surface area contributed by atoms with Crippen LogP contribution in [0.1, 0.15) is 56.6 Å². The number of hydrogen-bond donors (Lipinski definition) is 1. The minimum absolute atomic E-state index is 0.00000354. The largest absolute Gasteiger partial charge is 0.384 e. The summed E-state index contributed by atoms with van der Waals surface area (Å²) in [4.78, 5) is 4.89. The second kappa shape index (κ2) is 5.21. The molecule has 1 aliphatic rings. The van der Waals surface area contributed by atoms with Crippen LogP contribution in [0.5, 0.6) is 0 Å². The Balaban J connectivity index is 1.86. The van der Waals surface area contributed by atoms with Crippen LogP contribution in [0, 0.1) is 0 Å². The van der Waals surface area contributed by atoms with E-state index in [1.165, 1.54) is 24.2 Å². The van der Waals surface area contributed by atoms with E-state index >= 15 is 0 Å².